The summed E-state index contributed by atoms with van der Waals surface area (Å²) in [7, 11) is 0. The van der Waals surface area contributed by atoms with Crippen LogP contribution in [0, 0.1) is 11.8 Å². The maximum Gasteiger partial charge on any atom is 0.308 e. The van der Waals surface area contributed by atoms with Gasteiger partial charge in [0.25, 0.3) is 0 Å². The summed E-state index contributed by atoms with van der Waals surface area (Å²) in [6, 6.07) is 0. The average molecular weight is 196 g/mol. The molecule has 0 amide bonds. The van der Waals surface area contributed by atoms with Crippen LogP contribution < -0.4 is 0 Å². The van der Waals surface area contributed by atoms with Crippen molar-refractivity contribution in [3.05, 3.63) is 12.7 Å². The average Bonchev–Trinajstić information content (AvgIpc) is 2.26. The van der Waals surface area contributed by atoms with Crippen molar-refractivity contribution in [3.63, 3.8) is 0 Å². The Labute approximate surface area is 86.3 Å². The third-order valence-corrected chi connectivity index (χ3v) is 2.83. The maximum atomic E-state index is 11.6. The van der Waals surface area contributed by atoms with Gasteiger partial charge in [0, 0.05) is 0 Å². The van der Waals surface area contributed by atoms with Gasteiger partial charge in [0.15, 0.2) is 0 Å². The van der Waals surface area contributed by atoms with Crippen LogP contribution in [0.3, 0.4) is 0 Å². The van der Waals surface area contributed by atoms with E-state index in [1.54, 1.807) is 0 Å². The first-order valence-electron chi connectivity index (χ1n) is 5.57. The largest absolute Gasteiger partial charge is 0.465 e. The highest BCUT2D eigenvalue weighted by Gasteiger charge is 2.26. The molecule has 0 aromatic heterocycles. The van der Waals surface area contributed by atoms with E-state index in [2.05, 4.69) is 6.58 Å². The van der Waals surface area contributed by atoms with E-state index in [1.165, 1.54) is 6.42 Å². The van der Waals surface area contributed by atoms with Crippen LogP contribution in [0.1, 0.15) is 39.0 Å². The third-order valence-electron chi connectivity index (χ3n) is 2.83. The molecular formula is C12H20O2. The minimum absolute atomic E-state index is 0.00148. The zero-order chi connectivity index (χ0) is 10.4. The molecule has 0 N–H and O–H groups in total. The fraction of sp³-hybridized carbons (Fsp3) is 0.750. The van der Waals surface area contributed by atoms with Crippen molar-refractivity contribution in [2.75, 3.05) is 6.61 Å². The Bertz CT molecular complexity index is 198. The first-order valence-corrected chi connectivity index (χ1v) is 5.57. The van der Waals surface area contributed by atoms with Gasteiger partial charge >= 0.3 is 5.97 Å². The predicted molar refractivity (Wildman–Crippen MR) is 56.9 cm³/mol. The number of esters is 1. The van der Waals surface area contributed by atoms with Crippen LogP contribution in [0.4, 0.5) is 0 Å². The summed E-state index contributed by atoms with van der Waals surface area (Å²) in [5.74, 6) is 0.639. The molecule has 0 bridgehead atoms. The van der Waals surface area contributed by atoms with E-state index in [4.69, 9.17) is 4.74 Å². The number of hydrogen-bond donors (Lipinski definition) is 0. The van der Waals surface area contributed by atoms with Gasteiger partial charge in [-0.25, -0.2) is 0 Å². The molecule has 2 unspecified atom stereocenters. The molecule has 1 aliphatic carbocycles. The lowest BCUT2D eigenvalue weighted by atomic mass is 9.81. The second kappa shape index (κ2) is 5.84. The molecule has 1 fully saturated rings. The Balaban J connectivity index is 2.35. The molecule has 2 atom stereocenters. The van der Waals surface area contributed by atoms with Crippen molar-refractivity contribution in [1.29, 1.82) is 0 Å². The van der Waals surface area contributed by atoms with Crippen LogP contribution in [0.5, 0.6) is 0 Å². The Kier molecular flexibility index (Phi) is 4.71. The van der Waals surface area contributed by atoms with Gasteiger partial charge in [-0.05, 0) is 31.6 Å². The Morgan fingerprint density at radius 3 is 3.00 bits per heavy atom. The summed E-state index contributed by atoms with van der Waals surface area (Å²) in [6.07, 6.45) is 7.12. The van der Waals surface area contributed by atoms with E-state index in [9.17, 15) is 4.79 Å². The topological polar surface area (TPSA) is 26.3 Å². The first kappa shape index (κ1) is 11.3. The molecule has 0 aromatic carbocycles. The van der Waals surface area contributed by atoms with Crippen molar-refractivity contribution in [2.45, 2.75) is 39.0 Å². The van der Waals surface area contributed by atoms with Crippen LogP contribution in [0.15, 0.2) is 12.7 Å². The minimum Gasteiger partial charge on any atom is -0.465 e. The standard InChI is InChI=1S/C12H20O2/c1-3-8-14-12(13)11-7-5-6-10(4-2)9-11/h4,10-11H,2-3,5-9H2,1H3. The molecule has 0 heterocycles. The third kappa shape index (κ3) is 3.17. The molecular weight excluding hydrogens is 176 g/mol. The monoisotopic (exact) mass is 196 g/mol. The Hall–Kier alpha value is -0.790. The zero-order valence-corrected chi connectivity index (χ0v) is 9.00. The van der Waals surface area contributed by atoms with E-state index in [0.29, 0.717) is 12.5 Å². The van der Waals surface area contributed by atoms with Crippen LogP contribution in [-0.2, 0) is 9.53 Å². The normalized spacial score (nSPS) is 26.9. The molecule has 80 valence electrons. The number of hydrogen-bond acceptors (Lipinski definition) is 2. The smallest absolute Gasteiger partial charge is 0.308 e. The highest BCUT2D eigenvalue weighted by molar-refractivity contribution is 5.72. The number of rotatable bonds is 4. The lowest BCUT2D eigenvalue weighted by Gasteiger charge is -2.25. The molecule has 0 radical (unpaired) electrons. The number of carbonyl (C=O) groups excluding carboxylic acids is 1. The molecule has 2 nitrogen and oxygen atoms in total. The Morgan fingerprint density at radius 2 is 2.36 bits per heavy atom. The van der Waals surface area contributed by atoms with E-state index >= 15 is 0 Å². The lowest BCUT2D eigenvalue weighted by Crippen LogP contribution is -2.24. The fourth-order valence-electron chi connectivity index (χ4n) is 1.98. The summed E-state index contributed by atoms with van der Waals surface area (Å²) in [5.41, 5.74) is 0. The van der Waals surface area contributed by atoms with Gasteiger partial charge in [-0.2, -0.15) is 0 Å². The molecule has 1 aliphatic rings. The van der Waals surface area contributed by atoms with E-state index in [1.807, 2.05) is 13.0 Å². The summed E-state index contributed by atoms with van der Waals surface area (Å²) < 4.78 is 5.15. The summed E-state index contributed by atoms with van der Waals surface area (Å²) in [6.45, 7) is 6.37. The van der Waals surface area contributed by atoms with Crippen LogP contribution in [0.25, 0.3) is 0 Å². The van der Waals surface area contributed by atoms with Gasteiger partial charge in [0.1, 0.15) is 0 Å². The van der Waals surface area contributed by atoms with Crippen LogP contribution in [0.2, 0.25) is 0 Å². The maximum absolute atomic E-state index is 11.6. The summed E-state index contributed by atoms with van der Waals surface area (Å²) in [5, 5.41) is 0. The summed E-state index contributed by atoms with van der Waals surface area (Å²) >= 11 is 0. The van der Waals surface area contributed by atoms with Gasteiger partial charge in [-0.1, -0.05) is 19.4 Å². The molecule has 14 heavy (non-hydrogen) atoms. The van der Waals surface area contributed by atoms with Crippen molar-refractivity contribution < 1.29 is 9.53 Å². The van der Waals surface area contributed by atoms with E-state index in [0.717, 1.165) is 25.7 Å². The number of ether oxygens (including phenoxy) is 1. The number of carbonyl (C=O) groups is 1. The van der Waals surface area contributed by atoms with Gasteiger partial charge < -0.3 is 4.74 Å². The van der Waals surface area contributed by atoms with E-state index < -0.39 is 0 Å². The van der Waals surface area contributed by atoms with Gasteiger partial charge in [0.05, 0.1) is 12.5 Å². The van der Waals surface area contributed by atoms with Gasteiger partial charge in [-0.15, -0.1) is 6.58 Å². The fourth-order valence-corrected chi connectivity index (χ4v) is 1.98. The number of allylic oxidation sites excluding steroid dienone is 1. The SMILES string of the molecule is C=CC1CCCC(C(=O)OCCC)C1. The van der Waals surface area contributed by atoms with Gasteiger partial charge in [-0.3, -0.25) is 4.79 Å². The van der Waals surface area contributed by atoms with Crippen molar-refractivity contribution in [3.8, 4) is 0 Å². The molecule has 0 aliphatic heterocycles. The molecule has 0 saturated heterocycles. The minimum atomic E-state index is -0.00148. The molecule has 0 aromatic rings. The second-order valence-electron chi connectivity index (χ2n) is 4.03. The van der Waals surface area contributed by atoms with Crippen molar-refractivity contribution in [2.24, 2.45) is 11.8 Å². The van der Waals surface area contributed by atoms with Crippen LogP contribution >= 0.6 is 0 Å². The van der Waals surface area contributed by atoms with Crippen molar-refractivity contribution >= 4 is 5.97 Å². The predicted octanol–water partition coefficient (Wildman–Crippen LogP) is 2.93. The molecule has 2 heteroatoms. The quantitative estimate of drug-likeness (QED) is 0.510. The molecule has 1 saturated carbocycles. The van der Waals surface area contributed by atoms with Gasteiger partial charge in [0.2, 0.25) is 0 Å². The van der Waals surface area contributed by atoms with Crippen LogP contribution in [-0.4, -0.2) is 12.6 Å². The molecule has 1 rings (SSSR count). The van der Waals surface area contributed by atoms with E-state index in [-0.39, 0.29) is 11.9 Å². The highest BCUT2D eigenvalue weighted by Crippen LogP contribution is 2.30. The van der Waals surface area contributed by atoms with Crippen molar-refractivity contribution in [1.82, 2.24) is 0 Å². The highest BCUT2D eigenvalue weighted by atomic mass is 16.5. The summed E-state index contributed by atoms with van der Waals surface area (Å²) in [4.78, 5) is 11.6. The second-order valence-corrected chi connectivity index (χ2v) is 4.03. The first-order chi connectivity index (χ1) is 6.77. The lowest BCUT2D eigenvalue weighted by molar-refractivity contribution is -0.150. The zero-order valence-electron chi connectivity index (χ0n) is 9.00. The Morgan fingerprint density at radius 1 is 1.57 bits per heavy atom. The molecule has 0 spiro atoms.